The van der Waals surface area contributed by atoms with Crippen molar-refractivity contribution >= 4 is 16.6 Å². The standard InChI is InChI=1S/C14H19N3O/c1-17(2)9-8-16-14-13-5-4-12(18-3)10-11(13)6-7-15-14/h4-7,10H,8-9H2,1-3H3,(H,15,16). The lowest BCUT2D eigenvalue weighted by Crippen LogP contribution is -2.21. The van der Waals surface area contributed by atoms with Gasteiger partial charge in [-0.1, -0.05) is 0 Å². The van der Waals surface area contributed by atoms with Crippen LogP contribution in [0.15, 0.2) is 30.5 Å². The minimum Gasteiger partial charge on any atom is -0.497 e. The Hall–Kier alpha value is -1.81. The van der Waals surface area contributed by atoms with Crippen molar-refractivity contribution in [2.45, 2.75) is 0 Å². The molecule has 0 aliphatic rings. The molecule has 2 rings (SSSR count). The molecule has 2 aromatic rings. The monoisotopic (exact) mass is 245 g/mol. The molecule has 96 valence electrons. The highest BCUT2D eigenvalue weighted by molar-refractivity contribution is 5.92. The summed E-state index contributed by atoms with van der Waals surface area (Å²) in [6.07, 6.45) is 1.82. The number of likely N-dealkylation sites (N-methyl/N-ethyl adjacent to an activating group) is 1. The predicted octanol–water partition coefficient (Wildman–Crippen LogP) is 2.22. The summed E-state index contributed by atoms with van der Waals surface area (Å²) >= 11 is 0. The second-order valence-electron chi connectivity index (χ2n) is 4.48. The maximum absolute atomic E-state index is 5.23. The largest absolute Gasteiger partial charge is 0.497 e. The molecular formula is C14H19N3O. The van der Waals surface area contributed by atoms with Gasteiger partial charge in [0.1, 0.15) is 11.6 Å². The molecule has 1 N–H and O–H groups in total. The fraction of sp³-hybridized carbons (Fsp3) is 0.357. The van der Waals surface area contributed by atoms with Gasteiger partial charge in [0.25, 0.3) is 0 Å². The van der Waals surface area contributed by atoms with Crippen LogP contribution >= 0.6 is 0 Å². The number of benzene rings is 1. The molecule has 0 saturated carbocycles. The maximum Gasteiger partial charge on any atom is 0.133 e. The predicted molar refractivity (Wildman–Crippen MR) is 75.3 cm³/mol. The number of fused-ring (bicyclic) bond motifs is 1. The molecule has 0 spiro atoms. The van der Waals surface area contributed by atoms with E-state index in [0.29, 0.717) is 0 Å². The summed E-state index contributed by atoms with van der Waals surface area (Å²) in [4.78, 5) is 6.53. The number of aromatic nitrogens is 1. The summed E-state index contributed by atoms with van der Waals surface area (Å²) in [5.41, 5.74) is 0. The van der Waals surface area contributed by atoms with Gasteiger partial charge in [-0.05, 0) is 43.7 Å². The number of methoxy groups -OCH3 is 1. The summed E-state index contributed by atoms with van der Waals surface area (Å²) in [7, 11) is 5.80. The van der Waals surface area contributed by atoms with Gasteiger partial charge in [-0.15, -0.1) is 0 Å². The van der Waals surface area contributed by atoms with Crippen LogP contribution in [0, 0.1) is 0 Å². The van der Waals surface area contributed by atoms with E-state index in [1.165, 1.54) is 0 Å². The van der Waals surface area contributed by atoms with Gasteiger partial charge >= 0.3 is 0 Å². The zero-order valence-electron chi connectivity index (χ0n) is 11.1. The number of nitrogens with zero attached hydrogens (tertiary/aromatic N) is 2. The molecule has 0 saturated heterocycles. The molecule has 1 aromatic heterocycles. The van der Waals surface area contributed by atoms with Crippen LogP contribution in [-0.4, -0.2) is 44.2 Å². The fourth-order valence-electron chi connectivity index (χ4n) is 1.82. The molecular weight excluding hydrogens is 226 g/mol. The Morgan fingerprint density at radius 1 is 1.28 bits per heavy atom. The van der Waals surface area contributed by atoms with Gasteiger partial charge in [0.15, 0.2) is 0 Å². The summed E-state index contributed by atoms with van der Waals surface area (Å²) in [5, 5.41) is 5.62. The first-order valence-electron chi connectivity index (χ1n) is 6.02. The number of pyridine rings is 1. The van der Waals surface area contributed by atoms with Crippen LogP contribution in [0.1, 0.15) is 0 Å². The summed E-state index contributed by atoms with van der Waals surface area (Å²) in [5.74, 6) is 1.80. The third kappa shape index (κ3) is 2.90. The second-order valence-corrected chi connectivity index (χ2v) is 4.48. The van der Waals surface area contributed by atoms with Gasteiger partial charge in [-0.3, -0.25) is 0 Å². The van der Waals surface area contributed by atoms with Crippen molar-refractivity contribution in [3.63, 3.8) is 0 Å². The number of anilines is 1. The zero-order chi connectivity index (χ0) is 13.0. The highest BCUT2D eigenvalue weighted by Gasteiger charge is 2.03. The smallest absolute Gasteiger partial charge is 0.133 e. The van der Waals surface area contributed by atoms with E-state index < -0.39 is 0 Å². The van der Waals surface area contributed by atoms with E-state index in [9.17, 15) is 0 Å². The van der Waals surface area contributed by atoms with Gasteiger partial charge < -0.3 is 15.0 Å². The summed E-state index contributed by atoms with van der Waals surface area (Å²) < 4.78 is 5.23. The van der Waals surface area contributed by atoms with Crippen LogP contribution in [0.3, 0.4) is 0 Å². The Kier molecular flexibility index (Phi) is 3.99. The average Bonchev–Trinajstić information content (AvgIpc) is 2.38. The number of ether oxygens (including phenoxy) is 1. The molecule has 1 aromatic carbocycles. The first kappa shape index (κ1) is 12.6. The van der Waals surface area contributed by atoms with Gasteiger partial charge in [-0.2, -0.15) is 0 Å². The molecule has 4 nitrogen and oxygen atoms in total. The van der Waals surface area contributed by atoms with Crippen LogP contribution in [0.5, 0.6) is 5.75 Å². The van der Waals surface area contributed by atoms with E-state index >= 15 is 0 Å². The van der Waals surface area contributed by atoms with E-state index in [1.54, 1.807) is 7.11 Å². The van der Waals surface area contributed by atoms with E-state index in [2.05, 4.69) is 29.3 Å². The second kappa shape index (κ2) is 5.69. The van der Waals surface area contributed by atoms with Crippen molar-refractivity contribution in [3.8, 4) is 5.75 Å². The Bertz CT molecular complexity index is 525. The van der Waals surface area contributed by atoms with E-state index in [4.69, 9.17) is 4.74 Å². The quantitative estimate of drug-likeness (QED) is 0.876. The SMILES string of the molecule is COc1ccc2c(NCCN(C)C)nccc2c1. The highest BCUT2D eigenvalue weighted by Crippen LogP contribution is 2.24. The third-order valence-electron chi connectivity index (χ3n) is 2.82. The van der Waals surface area contributed by atoms with Crippen molar-refractivity contribution in [1.29, 1.82) is 0 Å². The molecule has 0 radical (unpaired) electrons. The van der Waals surface area contributed by atoms with Crippen LogP contribution in [-0.2, 0) is 0 Å². The van der Waals surface area contributed by atoms with Crippen molar-refractivity contribution in [3.05, 3.63) is 30.5 Å². The normalized spacial score (nSPS) is 10.9. The van der Waals surface area contributed by atoms with Gasteiger partial charge in [0.2, 0.25) is 0 Å². The molecule has 1 heterocycles. The molecule has 0 bridgehead atoms. The first-order valence-corrected chi connectivity index (χ1v) is 6.02. The number of hydrogen-bond donors (Lipinski definition) is 1. The third-order valence-corrected chi connectivity index (χ3v) is 2.82. The molecule has 4 heteroatoms. The molecule has 18 heavy (non-hydrogen) atoms. The Balaban J connectivity index is 2.22. The summed E-state index contributed by atoms with van der Waals surface area (Å²) in [6.45, 7) is 1.86. The van der Waals surface area contributed by atoms with Crippen LogP contribution in [0.2, 0.25) is 0 Å². The van der Waals surface area contributed by atoms with Crippen molar-refractivity contribution in [2.75, 3.05) is 39.6 Å². The van der Waals surface area contributed by atoms with Crippen LogP contribution in [0.25, 0.3) is 10.8 Å². The van der Waals surface area contributed by atoms with E-state index in [-0.39, 0.29) is 0 Å². The maximum atomic E-state index is 5.23. The Morgan fingerprint density at radius 2 is 2.11 bits per heavy atom. The number of rotatable bonds is 5. The molecule has 0 atom stereocenters. The van der Waals surface area contributed by atoms with Crippen LogP contribution < -0.4 is 10.1 Å². The van der Waals surface area contributed by atoms with Crippen molar-refractivity contribution in [1.82, 2.24) is 9.88 Å². The molecule has 0 fully saturated rings. The zero-order valence-corrected chi connectivity index (χ0v) is 11.1. The first-order chi connectivity index (χ1) is 8.70. The van der Waals surface area contributed by atoms with Gasteiger partial charge in [0, 0.05) is 24.7 Å². The number of hydrogen-bond acceptors (Lipinski definition) is 4. The van der Waals surface area contributed by atoms with Crippen molar-refractivity contribution < 1.29 is 4.74 Å². The molecule has 0 amide bonds. The number of nitrogens with one attached hydrogen (secondary N) is 1. The Labute approximate surface area is 108 Å². The summed E-state index contributed by atoms with van der Waals surface area (Å²) in [6, 6.07) is 8.02. The van der Waals surface area contributed by atoms with Gasteiger partial charge in [-0.25, -0.2) is 4.98 Å². The molecule has 0 unspecified atom stereocenters. The lowest BCUT2D eigenvalue weighted by Gasteiger charge is -2.12. The fourth-order valence-corrected chi connectivity index (χ4v) is 1.82. The van der Waals surface area contributed by atoms with E-state index in [0.717, 1.165) is 35.4 Å². The van der Waals surface area contributed by atoms with Crippen molar-refractivity contribution in [2.24, 2.45) is 0 Å². The minimum absolute atomic E-state index is 0.868. The topological polar surface area (TPSA) is 37.4 Å². The lowest BCUT2D eigenvalue weighted by atomic mass is 10.1. The molecule has 0 aliphatic heterocycles. The molecule has 0 aliphatic carbocycles. The van der Waals surface area contributed by atoms with Gasteiger partial charge in [0.05, 0.1) is 7.11 Å². The van der Waals surface area contributed by atoms with E-state index in [1.807, 2.05) is 30.5 Å². The lowest BCUT2D eigenvalue weighted by molar-refractivity contribution is 0.415. The highest BCUT2D eigenvalue weighted by atomic mass is 16.5. The Morgan fingerprint density at radius 3 is 2.83 bits per heavy atom. The van der Waals surface area contributed by atoms with Crippen LogP contribution in [0.4, 0.5) is 5.82 Å². The minimum atomic E-state index is 0.868. The average molecular weight is 245 g/mol.